The van der Waals surface area contributed by atoms with Crippen LogP contribution in [0.3, 0.4) is 0 Å². The smallest absolute Gasteiger partial charge is 0.410 e. The molecule has 2 rings (SSSR count). The molecular weight excluding hydrogens is 238 g/mol. The predicted molar refractivity (Wildman–Crippen MR) is 77.1 cm³/mol. The van der Waals surface area contributed by atoms with Gasteiger partial charge in [-0.15, -0.1) is 0 Å². The van der Waals surface area contributed by atoms with Crippen molar-refractivity contribution in [1.82, 2.24) is 4.90 Å². The maximum atomic E-state index is 12.2. The Morgan fingerprint density at radius 1 is 1.42 bits per heavy atom. The zero-order valence-corrected chi connectivity index (χ0v) is 13.3. The van der Waals surface area contributed by atoms with Gasteiger partial charge in [-0.3, -0.25) is 4.90 Å². The molecule has 1 heterocycles. The lowest BCUT2D eigenvalue weighted by molar-refractivity contribution is 0.0800. The molecule has 3 nitrogen and oxygen atoms in total. The van der Waals surface area contributed by atoms with Crippen LogP contribution in [-0.4, -0.2) is 28.7 Å². The third kappa shape index (κ3) is 2.61. The maximum absolute atomic E-state index is 12.2. The highest BCUT2D eigenvalue weighted by atomic mass is 16.6. The van der Waals surface area contributed by atoms with Gasteiger partial charge < -0.3 is 4.74 Å². The summed E-state index contributed by atoms with van der Waals surface area (Å²) in [6, 6.07) is 0.418. The van der Waals surface area contributed by atoms with Crippen LogP contribution in [0.2, 0.25) is 0 Å². The van der Waals surface area contributed by atoms with Gasteiger partial charge in [-0.1, -0.05) is 27.7 Å². The zero-order chi connectivity index (χ0) is 14.4. The molecule has 0 aromatic rings. The average molecular weight is 267 g/mol. The molecule has 19 heavy (non-hydrogen) atoms. The predicted octanol–water partition coefficient (Wildman–Crippen LogP) is 4.21. The third-order valence-electron chi connectivity index (χ3n) is 4.80. The zero-order valence-electron chi connectivity index (χ0n) is 13.3. The molecule has 3 unspecified atom stereocenters. The van der Waals surface area contributed by atoms with E-state index in [1.54, 1.807) is 0 Å². The van der Waals surface area contributed by atoms with Crippen LogP contribution in [0.1, 0.15) is 67.2 Å². The van der Waals surface area contributed by atoms with E-state index in [1.165, 1.54) is 6.42 Å². The van der Waals surface area contributed by atoms with Crippen LogP contribution < -0.4 is 0 Å². The van der Waals surface area contributed by atoms with Crippen LogP contribution in [0.15, 0.2) is 0 Å². The summed E-state index contributed by atoms with van der Waals surface area (Å²) in [6.45, 7) is 12.9. The molecule has 2 fully saturated rings. The van der Waals surface area contributed by atoms with Gasteiger partial charge in [0.25, 0.3) is 0 Å². The van der Waals surface area contributed by atoms with Crippen LogP contribution in [0.25, 0.3) is 0 Å². The summed E-state index contributed by atoms with van der Waals surface area (Å²) in [7, 11) is 0. The fraction of sp³-hybridized carbons (Fsp3) is 0.938. The van der Waals surface area contributed by atoms with Gasteiger partial charge >= 0.3 is 6.09 Å². The number of carbonyl (C=O) groups is 1. The molecule has 0 aromatic heterocycles. The lowest BCUT2D eigenvalue weighted by Gasteiger charge is -2.35. The van der Waals surface area contributed by atoms with Crippen LogP contribution in [0.5, 0.6) is 0 Å². The Bertz CT molecular complexity index is 358. The van der Waals surface area contributed by atoms with Crippen molar-refractivity contribution in [2.75, 3.05) is 0 Å². The minimum absolute atomic E-state index is 0.0243. The molecule has 110 valence electrons. The summed E-state index contributed by atoms with van der Waals surface area (Å²) in [5.74, 6) is 0.636. The third-order valence-corrected chi connectivity index (χ3v) is 4.80. The van der Waals surface area contributed by atoms with Gasteiger partial charge in [0.05, 0.1) is 17.7 Å². The maximum Gasteiger partial charge on any atom is 0.410 e. The standard InChI is InChI=1S/C16H29NO2/c1-11(2)19-14(18)17-13(8-9-15(4,5)6)16(17)10-7-12(16)3/h11-13H,7-10H2,1-6H3. The highest BCUT2D eigenvalue weighted by molar-refractivity contribution is 5.74. The molecule has 0 radical (unpaired) electrons. The molecule has 1 aliphatic carbocycles. The second kappa shape index (κ2) is 4.68. The average Bonchev–Trinajstić information content (AvgIpc) is 2.94. The molecule has 3 heteroatoms. The van der Waals surface area contributed by atoms with Crippen LogP contribution in [-0.2, 0) is 4.74 Å². The van der Waals surface area contributed by atoms with E-state index in [2.05, 4.69) is 27.7 Å². The molecule has 1 amide bonds. The van der Waals surface area contributed by atoms with Crippen molar-refractivity contribution in [2.24, 2.45) is 11.3 Å². The van der Waals surface area contributed by atoms with Gasteiger partial charge in [0.1, 0.15) is 0 Å². The monoisotopic (exact) mass is 267 g/mol. The normalized spacial score (nSPS) is 33.5. The van der Waals surface area contributed by atoms with E-state index in [1.807, 2.05) is 18.7 Å². The van der Waals surface area contributed by atoms with Gasteiger partial charge in [-0.05, 0) is 50.9 Å². The van der Waals surface area contributed by atoms with Crippen molar-refractivity contribution in [3.8, 4) is 0 Å². The highest BCUT2D eigenvalue weighted by Gasteiger charge is 2.71. The Morgan fingerprint density at radius 3 is 2.42 bits per heavy atom. The summed E-state index contributed by atoms with van der Waals surface area (Å²) < 4.78 is 5.40. The molecular formula is C16H29NO2. The number of nitrogens with zero attached hydrogens (tertiary/aromatic N) is 1. The number of ether oxygens (including phenoxy) is 1. The summed E-state index contributed by atoms with van der Waals surface area (Å²) in [4.78, 5) is 14.2. The Labute approximate surface area is 117 Å². The molecule has 1 aliphatic heterocycles. The molecule has 2 aliphatic rings. The molecule has 1 saturated heterocycles. The lowest BCUT2D eigenvalue weighted by Crippen LogP contribution is -2.40. The fourth-order valence-electron chi connectivity index (χ4n) is 3.50. The van der Waals surface area contributed by atoms with Crippen LogP contribution >= 0.6 is 0 Å². The van der Waals surface area contributed by atoms with Gasteiger partial charge in [0, 0.05) is 0 Å². The summed E-state index contributed by atoms with van der Waals surface area (Å²) >= 11 is 0. The molecule has 1 spiro atoms. The molecule has 0 N–H and O–H groups in total. The molecule has 0 aromatic carbocycles. The minimum Gasteiger partial charge on any atom is -0.447 e. The Kier molecular flexibility index (Phi) is 3.61. The van der Waals surface area contributed by atoms with Crippen molar-refractivity contribution < 1.29 is 9.53 Å². The largest absolute Gasteiger partial charge is 0.447 e. The van der Waals surface area contributed by atoms with Crippen molar-refractivity contribution in [2.45, 2.75) is 84.9 Å². The van der Waals surface area contributed by atoms with E-state index in [0.717, 1.165) is 19.3 Å². The first-order valence-corrected chi connectivity index (χ1v) is 7.68. The first-order chi connectivity index (χ1) is 8.68. The SMILES string of the molecule is CC(C)OC(=O)N1C(CCC(C)(C)C)C12CCC2C. The topological polar surface area (TPSA) is 29.3 Å². The summed E-state index contributed by atoms with van der Waals surface area (Å²) in [5, 5.41) is 0. The highest BCUT2D eigenvalue weighted by Crippen LogP contribution is 2.61. The molecule has 3 atom stereocenters. The number of hydrogen-bond donors (Lipinski definition) is 0. The van der Waals surface area contributed by atoms with Crippen LogP contribution in [0, 0.1) is 11.3 Å². The second-order valence-electron chi connectivity index (χ2n) is 7.85. The second-order valence-corrected chi connectivity index (χ2v) is 7.85. The van der Waals surface area contributed by atoms with Crippen LogP contribution in [0.4, 0.5) is 4.79 Å². The van der Waals surface area contributed by atoms with Crippen molar-refractivity contribution in [3.05, 3.63) is 0 Å². The number of amides is 1. The van der Waals surface area contributed by atoms with E-state index in [9.17, 15) is 4.79 Å². The Morgan fingerprint density at radius 2 is 2.05 bits per heavy atom. The first-order valence-electron chi connectivity index (χ1n) is 7.68. The number of hydrogen-bond acceptors (Lipinski definition) is 2. The van der Waals surface area contributed by atoms with E-state index in [4.69, 9.17) is 4.74 Å². The quantitative estimate of drug-likeness (QED) is 0.717. The van der Waals surface area contributed by atoms with Gasteiger partial charge in [0.15, 0.2) is 0 Å². The number of carbonyl (C=O) groups excluding carboxylic acids is 1. The van der Waals surface area contributed by atoms with E-state index >= 15 is 0 Å². The summed E-state index contributed by atoms with van der Waals surface area (Å²) in [6.07, 6.45) is 4.57. The van der Waals surface area contributed by atoms with E-state index in [0.29, 0.717) is 17.4 Å². The molecule has 1 saturated carbocycles. The fourth-order valence-corrected chi connectivity index (χ4v) is 3.50. The van der Waals surface area contributed by atoms with Gasteiger partial charge in [-0.2, -0.15) is 0 Å². The van der Waals surface area contributed by atoms with Crippen molar-refractivity contribution in [3.63, 3.8) is 0 Å². The van der Waals surface area contributed by atoms with Gasteiger partial charge in [-0.25, -0.2) is 4.79 Å². The molecule has 0 bridgehead atoms. The minimum atomic E-state index is -0.0968. The number of rotatable bonds is 3. The first kappa shape index (κ1) is 14.7. The van der Waals surface area contributed by atoms with Gasteiger partial charge in [0.2, 0.25) is 0 Å². The van der Waals surface area contributed by atoms with Crippen molar-refractivity contribution in [1.29, 1.82) is 0 Å². The Balaban J connectivity index is 1.99. The van der Waals surface area contributed by atoms with E-state index < -0.39 is 0 Å². The lowest BCUT2D eigenvalue weighted by atomic mass is 9.70. The van der Waals surface area contributed by atoms with Crippen molar-refractivity contribution >= 4 is 6.09 Å². The Hall–Kier alpha value is -0.730. The van der Waals surface area contributed by atoms with E-state index in [-0.39, 0.29) is 17.7 Å². The summed E-state index contributed by atoms with van der Waals surface area (Å²) in [5.41, 5.74) is 0.488.